The van der Waals surface area contributed by atoms with Gasteiger partial charge in [0.15, 0.2) is 0 Å². The van der Waals surface area contributed by atoms with Gasteiger partial charge >= 0.3 is 0 Å². The molecule has 2 rings (SSSR count). The zero-order valence-electron chi connectivity index (χ0n) is 12.6. The van der Waals surface area contributed by atoms with E-state index in [0.717, 1.165) is 24.0 Å². The molecular weight excluding hydrogens is 220 g/mol. The third-order valence-electron chi connectivity index (χ3n) is 4.79. The SMILES string of the molecule is CC(C)CC1CN(C2CCCCC2)C(C)CCN1. The van der Waals surface area contributed by atoms with E-state index in [1.807, 2.05) is 0 Å². The quantitative estimate of drug-likeness (QED) is 0.828. The van der Waals surface area contributed by atoms with Gasteiger partial charge in [-0.25, -0.2) is 0 Å². The van der Waals surface area contributed by atoms with Crippen LogP contribution in [-0.2, 0) is 0 Å². The molecule has 2 aliphatic rings. The van der Waals surface area contributed by atoms with Crippen molar-refractivity contribution in [3.63, 3.8) is 0 Å². The Labute approximate surface area is 114 Å². The van der Waals surface area contributed by atoms with Gasteiger partial charge < -0.3 is 5.32 Å². The average Bonchev–Trinajstić information content (AvgIpc) is 2.52. The Kier molecular flexibility index (Phi) is 5.50. The molecule has 18 heavy (non-hydrogen) atoms. The second kappa shape index (κ2) is 6.91. The molecule has 1 aliphatic heterocycles. The highest BCUT2D eigenvalue weighted by atomic mass is 15.2. The predicted octanol–water partition coefficient (Wildman–Crippen LogP) is 3.42. The Morgan fingerprint density at radius 3 is 2.50 bits per heavy atom. The summed E-state index contributed by atoms with van der Waals surface area (Å²) in [5.41, 5.74) is 0. The van der Waals surface area contributed by atoms with Crippen molar-refractivity contribution in [2.24, 2.45) is 5.92 Å². The Morgan fingerprint density at radius 2 is 1.83 bits per heavy atom. The van der Waals surface area contributed by atoms with Gasteiger partial charge in [-0.05, 0) is 45.1 Å². The number of hydrogen-bond donors (Lipinski definition) is 1. The Morgan fingerprint density at radius 1 is 1.11 bits per heavy atom. The van der Waals surface area contributed by atoms with Crippen molar-refractivity contribution in [1.82, 2.24) is 10.2 Å². The summed E-state index contributed by atoms with van der Waals surface area (Å²) < 4.78 is 0. The summed E-state index contributed by atoms with van der Waals surface area (Å²) in [7, 11) is 0. The lowest BCUT2D eigenvalue weighted by atomic mass is 9.92. The van der Waals surface area contributed by atoms with Crippen LogP contribution in [0.25, 0.3) is 0 Å². The maximum absolute atomic E-state index is 3.77. The van der Waals surface area contributed by atoms with Crippen molar-refractivity contribution >= 4 is 0 Å². The molecule has 2 unspecified atom stereocenters. The summed E-state index contributed by atoms with van der Waals surface area (Å²) in [6.07, 6.45) is 9.91. The van der Waals surface area contributed by atoms with Gasteiger partial charge in [0, 0.05) is 24.7 Å². The summed E-state index contributed by atoms with van der Waals surface area (Å²) in [6, 6.07) is 2.37. The van der Waals surface area contributed by atoms with Gasteiger partial charge in [0.05, 0.1) is 0 Å². The van der Waals surface area contributed by atoms with Crippen LogP contribution in [0.15, 0.2) is 0 Å². The van der Waals surface area contributed by atoms with Gasteiger partial charge in [-0.2, -0.15) is 0 Å². The molecule has 0 spiro atoms. The lowest BCUT2D eigenvalue weighted by Gasteiger charge is -2.39. The van der Waals surface area contributed by atoms with E-state index in [4.69, 9.17) is 0 Å². The predicted molar refractivity (Wildman–Crippen MR) is 78.9 cm³/mol. The molecule has 0 aromatic carbocycles. The van der Waals surface area contributed by atoms with Crippen LogP contribution in [0.3, 0.4) is 0 Å². The van der Waals surface area contributed by atoms with Crippen LogP contribution in [0.2, 0.25) is 0 Å². The molecule has 0 aromatic rings. The van der Waals surface area contributed by atoms with E-state index in [9.17, 15) is 0 Å². The fraction of sp³-hybridized carbons (Fsp3) is 1.00. The second-order valence-electron chi connectivity index (χ2n) is 6.91. The summed E-state index contributed by atoms with van der Waals surface area (Å²) in [4.78, 5) is 2.84. The molecule has 0 amide bonds. The summed E-state index contributed by atoms with van der Waals surface area (Å²) in [6.45, 7) is 9.63. The van der Waals surface area contributed by atoms with E-state index in [0.29, 0.717) is 0 Å². The van der Waals surface area contributed by atoms with Crippen LogP contribution >= 0.6 is 0 Å². The number of rotatable bonds is 3. The Bertz CT molecular complexity index is 233. The van der Waals surface area contributed by atoms with Crippen LogP contribution in [0.1, 0.15) is 65.7 Å². The lowest BCUT2D eigenvalue weighted by molar-refractivity contribution is 0.107. The summed E-state index contributed by atoms with van der Waals surface area (Å²) in [5, 5.41) is 3.77. The van der Waals surface area contributed by atoms with Gasteiger partial charge in [0.25, 0.3) is 0 Å². The molecule has 1 saturated heterocycles. The minimum Gasteiger partial charge on any atom is -0.313 e. The molecule has 1 saturated carbocycles. The molecule has 2 heteroatoms. The maximum Gasteiger partial charge on any atom is 0.0197 e. The number of nitrogens with zero attached hydrogens (tertiary/aromatic N) is 1. The standard InChI is InChI=1S/C16H32N2/c1-13(2)11-15-12-18(14(3)9-10-17-15)16-7-5-4-6-8-16/h13-17H,4-12H2,1-3H3. The van der Waals surface area contributed by atoms with E-state index in [2.05, 4.69) is 31.0 Å². The molecule has 2 atom stereocenters. The van der Waals surface area contributed by atoms with E-state index in [1.54, 1.807) is 0 Å². The highest BCUT2D eigenvalue weighted by Crippen LogP contribution is 2.26. The molecule has 1 heterocycles. The summed E-state index contributed by atoms with van der Waals surface area (Å²) in [5.74, 6) is 0.809. The minimum absolute atomic E-state index is 0.719. The molecule has 0 aromatic heterocycles. The van der Waals surface area contributed by atoms with Crippen molar-refractivity contribution in [1.29, 1.82) is 0 Å². The highest BCUT2D eigenvalue weighted by molar-refractivity contribution is 4.87. The van der Waals surface area contributed by atoms with Crippen molar-refractivity contribution in [2.45, 2.75) is 83.8 Å². The van der Waals surface area contributed by atoms with E-state index in [1.165, 1.54) is 58.0 Å². The van der Waals surface area contributed by atoms with Crippen molar-refractivity contribution < 1.29 is 0 Å². The number of hydrogen-bond acceptors (Lipinski definition) is 2. The molecule has 2 fully saturated rings. The van der Waals surface area contributed by atoms with Crippen LogP contribution in [0, 0.1) is 5.92 Å². The molecule has 1 N–H and O–H groups in total. The largest absolute Gasteiger partial charge is 0.313 e. The monoisotopic (exact) mass is 252 g/mol. The molecular formula is C16H32N2. The van der Waals surface area contributed by atoms with Gasteiger partial charge in [-0.3, -0.25) is 4.90 Å². The minimum atomic E-state index is 0.719. The molecule has 2 nitrogen and oxygen atoms in total. The second-order valence-corrected chi connectivity index (χ2v) is 6.91. The molecule has 0 radical (unpaired) electrons. The van der Waals surface area contributed by atoms with Crippen molar-refractivity contribution in [2.75, 3.05) is 13.1 Å². The maximum atomic E-state index is 3.77. The zero-order valence-corrected chi connectivity index (χ0v) is 12.6. The Hall–Kier alpha value is -0.0800. The smallest absolute Gasteiger partial charge is 0.0197 e. The van der Waals surface area contributed by atoms with Gasteiger partial charge in [0.1, 0.15) is 0 Å². The van der Waals surface area contributed by atoms with Crippen LogP contribution < -0.4 is 5.32 Å². The first kappa shape index (κ1) is 14.3. The van der Waals surface area contributed by atoms with E-state index >= 15 is 0 Å². The van der Waals surface area contributed by atoms with Gasteiger partial charge in [0.2, 0.25) is 0 Å². The molecule has 106 valence electrons. The van der Waals surface area contributed by atoms with E-state index < -0.39 is 0 Å². The third kappa shape index (κ3) is 3.96. The first-order valence-corrected chi connectivity index (χ1v) is 8.16. The average molecular weight is 252 g/mol. The van der Waals surface area contributed by atoms with Gasteiger partial charge in [-0.15, -0.1) is 0 Å². The zero-order chi connectivity index (χ0) is 13.0. The third-order valence-corrected chi connectivity index (χ3v) is 4.79. The molecule has 0 bridgehead atoms. The van der Waals surface area contributed by atoms with Crippen LogP contribution in [0.4, 0.5) is 0 Å². The highest BCUT2D eigenvalue weighted by Gasteiger charge is 2.29. The summed E-state index contributed by atoms with van der Waals surface area (Å²) >= 11 is 0. The number of nitrogens with one attached hydrogen (secondary N) is 1. The first-order chi connectivity index (χ1) is 8.66. The van der Waals surface area contributed by atoms with Gasteiger partial charge in [-0.1, -0.05) is 33.1 Å². The lowest BCUT2D eigenvalue weighted by Crippen LogP contribution is -2.47. The topological polar surface area (TPSA) is 15.3 Å². The van der Waals surface area contributed by atoms with E-state index in [-0.39, 0.29) is 0 Å². The first-order valence-electron chi connectivity index (χ1n) is 8.16. The molecule has 1 aliphatic carbocycles. The van der Waals surface area contributed by atoms with Crippen molar-refractivity contribution in [3.8, 4) is 0 Å². The normalized spacial score (nSPS) is 32.7. The fourth-order valence-corrected chi connectivity index (χ4v) is 3.81. The van der Waals surface area contributed by atoms with Crippen LogP contribution in [0.5, 0.6) is 0 Å². The van der Waals surface area contributed by atoms with Crippen LogP contribution in [-0.4, -0.2) is 36.1 Å². The fourth-order valence-electron chi connectivity index (χ4n) is 3.81. The Balaban J connectivity index is 1.95. The van der Waals surface area contributed by atoms with Crippen molar-refractivity contribution in [3.05, 3.63) is 0 Å².